The van der Waals surface area contributed by atoms with E-state index in [9.17, 15) is 4.79 Å². The third-order valence-electron chi connectivity index (χ3n) is 5.52. The summed E-state index contributed by atoms with van der Waals surface area (Å²) in [6.45, 7) is 10.9. The molecule has 1 N–H and O–H groups in total. The van der Waals surface area contributed by atoms with Gasteiger partial charge in [-0.3, -0.25) is 14.4 Å². The smallest absolute Gasteiger partial charge is 0.234 e. The first kappa shape index (κ1) is 23.5. The van der Waals surface area contributed by atoms with Crippen molar-refractivity contribution in [3.05, 3.63) is 82.2 Å². The Labute approximate surface area is 191 Å². The molecule has 0 atom stereocenters. The molecule has 1 amide bonds. The zero-order chi connectivity index (χ0) is 23.1. The Morgan fingerprint density at radius 2 is 1.75 bits per heavy atom. The molecular weight excluding hydrogens is 400 g/mol. The van der Waals surface area contributed by atoms with Crippen molar-refractivity contribution in [1.29, 1.82) is 0 Å². The van der Waals surface area contributed by atoms with Crippen LogP contribution in [0.4, 0.5) is 0 Å². The van der Waals surface area contributed by atoms with Crippen LogP contribution in [-0.2, 0) is 17.9 Å². The van der Waals surface area contributed by atoms with Crippen LogP contribution in [0, 0.1) is 27.7 Å². The molecule has 0 aliphatic rings. The van der Waals surface area contributed by atoms with E-state index in [0.717, 1.165) is 29.2 Å². The summed E-state index contributed by atoms with van der Waals surface area (Å²) in [7, 11) is 1.93. The summed E-state index contributed by atoms with van der Waals surface area (Å²) in [6.07, 6.45) is 0. The fraction of sp³-hybridized carbons (Fsp3) is 0.385. The minimum absolute atomic E-state index is 0.00601. The minimum Gasteiger partial charge on any atom is -0.492 e. The highest BCUT2D eigenvalue weighted by molar-refractivity contribution is 5.78. The maximum atomic E-state index is 12.4. The molecule has 0 fully saturated rings. The molecule has 1 aromatic heterocycles. The molecule has 0 aliphatic carbocycles. The molecule has 0 radical (unpaired) electrons. The Morgan fingerprint density at radius 1 is 1.06 bits per heavy atom. The second kappa shape index (κ2) is 11.0. The molecule has 32 heavy (non-hydrogen) atoms. The van der Waals surface area contributed by atoms with Crippen LogP contribution in [0.15, 0.2) is 48.5 Å². The van der Waals surface area contributed by atoms with Crippen LogP contribution in [0.2, 0.25) is 0 Å². The maximum absolute atomic E-state index is 12.4. The average Bonchev–Trinajstić information content (AvgIpc) is 2.99. The van der Waals surface area contributed by atoms with E-state index in [0.29, 0.717) is 26.2 Å². The monoisotopic (exact) mass is 434 g/mol. The summed E-state index contributed by atoms with van der Waals surface area (Å²) in [5, 5.41) is 7.70. The fourth-order valence-electron chi connectivity index (χ4n) is 3.80. The summed E-state index contributed by atoms with van der Waals surface area (Å²) in [5.74, 6) is 0.868. The summed E-state index contributed by atoms with van der Waals surface area (Å²) in [4.78, 5) is 14.4. The lowest BCUT2D eigenvalue weighted by Gasteiger charge is -2.17. The van der Waals surface area contributed by atoms with Crippen molar-refractivity contribution in [1.82, 2.24) is 20.0 Å². The van der Waals surface area contributed by atoms with Crippen LogP contribution in [0.1, 0.15) is 33.6 Å². The molecule has 2 aromatic carbocycles. The molecule has 1 heterocycles. The number of amides is 1. The second-order valence-corrected chi connectivity index (χ2v) is 8.48. The summed E-state index contributed by atoms with van der Waals surface area (Å²) in [6, 6.07) is 16.5. The lowest BCUT2D eigenvalue weighted by molar-refractivity contribution is -0.122. The standard InChI is InChI=1S/C26H34N4O2/c1-19-13-20(2)15-24(14-19)32-12-11-29(5)18-26(31)27-16-25-21(3)28-30(22(25)4)17-23-9-7-6-8-10-23/h6-10,13-15H,11-12,16-18H2,1-5H3,(H,27,31). The molecule has 6 nitrogen and oxygen atoms in total. The number of aromatic nitrogens is 2. The van der Waals surface area contributed by atoms with Gasteiger partial charge in [-0.2, -0.15) is 5.10 Å². The van der Waals surface area contributed by atoms with E-state index < -0.39 is 0 Å². The number of nitrogens with zero attached hydrogens (tertiary/aromatic N) is 3. The molecular formula is C26H34N4O2. The number of carbonyl (C=O) groups is 1. The van der Waals surface area contributed by atoms with E-state index in [4.69, 9.17) is 4.74 Å². The number of hydrogen-bond donors (Lipinski definition) is 1. The Hall–Kier alpha value is -3.12. The van der Waals surface area contributed by atoms with Crippen molar-refractivity contribution in [2.75, 3.05) is 26.7 Å². The minimum atomic E-state index is -0.00601. The number of aryl methyl sites for hydroxylation is 3. The summed E-state index contributed by atoms with van der Waals surface area (Å²) < 4.78 is 7.85. The van der Waals surface area contributed by atoms with Gasteiger partial charge in [-0.05, 0) is 63.6 Å². The van der Waals surface area contributed by atoms with E-state index in [-0.39, 0.29) is 5.91 Å². The molecule has 170 valence electrons. The Bertz CT molecular complexity index is 1020. The van der Waals surface area contributed by atoms with Gasteiger partial charge in [-0.1, -0.05) is 36.4 Å². The van der Waals surface area contributed by atoms with Gasteiger partial charge in [0.05, 0.1) is 18.8 Å². The highest BCUT2D eigenvalue weighted by atomic mass is 16.5. The number of rotatable bonds is 10. The predicted octanol–water partition coefficient (Wildman–Crippen LogP) is 3.79. The van der Waals surface area contributed by atoms with E-state index in [1.165, 1.54) is 16.7 Å². The van der Waals surface area contributed by atoms with Crippen molar-refractivity contribution >= 4 is 5.91 Å². The molecule has 0 saturated heterocycles. The molecule has 0 bridgehead atoms. The zero-order valence-electron chi connectivity index (χ0n) is 19.8. The topological polar surface area (TPSA) is 59.4 Å². The van der Waals surface area contributed by atoms with Crippen LogP contribution in [0.3, 0.4) is 0 Å². The zero-order valence-corrected chi connectivity index (χ0v) is 19.8. The van der Waals surface area contributed by atoms with Crippen molar-refractivity contribution in [3.63, 3.8) is 0 Å². The normalized spacial score (nSPS) is 11.1. The van der Waals surface area contributed by atoms with Crippen LogP contribution >= 0.6 is 0 Å². The molecule has 0 spiro atoms. The molecule has 3 rings (SSSR count). The van der Waals surface area contributed by atoms with Gasteiger partial charge in [0, 0.05) is 24.3 Å². The number of nitrogens with one attached hydrogen (secondary N) is 1. The first-order valence-corrected chi connectivity index (χ1v) is 11.0. The third-order valence-corrected chi connectivity index (χ3v) is 5.52. The quantitative estimate of drug-likeness (QED) is 0.527. The first-order valence-electron chi connectivity index (χ1n) is 11.0. The van der Waals surface area contributed by atoms with Gasteiger partial charge in [0.15, 0.2) is 0 Å². The van der Waals surface area contributed by atoms with Gasteiger partial charge in [0.1, 0.15) is 12.4 Å². The van der Waals surface area contributed by atoms with Crippen molar-refractivity contribution in [2.45, 2.75) is 40.8 Å². The maximum Gasteiger partial charge on any atom is 0.234 e. The largest absolute Gasteiger partial charge is 0.492 e. The Balaban J connectivity index is 1.45. The van der Waals surface area contributed by atoms with Gasteiger partial charge >= 0.3 is 0 Å². The SMILES string of the molecule is Cc1cc(C)cc(OCCN(C)CC(=O)NCc2c(C)nn(Cc3ccccc3)c2C)c1. The number of hydrogen-bond acceptors (Lipinski definition) is 4. The van der Waals surface area contributed by atoms with Crippen molar-refractivity contribution < 1.29 is 9.53 Å². The molecule has 0 unspecified atom stereocenters. The average molecular weight is 435 g/mol. The molecule has 0 saturated carbocycles. The van der Waals surface area contributed by atoms with E-state index in [2.05, 4.69) is 49.4 Å². The fourth-order valence-corrected chi connectivity index (χ4v) is 3.80. The predicted molar refractivity (Wildman–Crippen MR) is 128 cm³/mol. The Kier molecular flexibility index (Phi) is 8.06. The number of benzene rings is 2. The van der Waals surface area contributed by atoms with E-state index in [1.807, 2.05) is 53.9 Å². The molecule has 6 heteroatoms. The van der Waals surface area contributed by atoms with Crippen LogP contribution in [0.5, 0.6) is 5.75 Å². The Morgan fingerprint density at radius 3 is 2.44 bits per heavy atom. The van der Waals surface area contributed by atoms with Crippen LogP contribution in [0.25, 0.3) is 0 Å². The lowest BCUT2D eigenvalue weighted by atomic mass is 10.1. The highest BCUT2D eigenvalue weighted by Gasteiger charge is 2.14. The van der Waals surface area contributed by atoms with Gasteiger partial charge in [0.25, 0.3) is 0 Å². The summed E-state index contributed by atoms with van der Waals surface area (Å²) >= 11 is 0. The van der Waals surface area contributed by atoms with E-state index in [1.54, 1.807) is 0 Å². The van der Waals surface area contributed by atoms with Gasteiger partial charge in [-0.25, -0.2) is 0 Å². The first-order chi connectivity index (χ1) is 15.3. The summed E-state index contributed by atoms with van der Waals surface area (Å²) in [5.41, 5.74) is 6.69. The lowest BCUT2D eigenvalue weighted by Crippen LogP contribution is -2.36. The van der Waals surface area contributed by atoms with Crippen molar-refractivity contribution in [2.24, 2.45) is 0 Å². The van der Waals surface area contributed by atoms with Crippen LogP contribution in [-0.4, -0.2) is 47.3 Å². The van der Waals surface area contributed by atoms with Gasteiger partial charge in [0.2, 0.25) is 5.91 Å². The highest BCUT2D eigenvalue weighted by Crippen LogP contribution is 2.16. The molecule has 0 aliphatic heterocycles. The van der Waals surface area contributed by atoms with Gasteiger partial charge < -0.3 is 10.1 Å². The second-order valence-electron chi connectivity index (χ2n) is 8.48. The van der Waals surface area contributed by atoms with Crippen LogP contribution < -0.4 is 10.1 Å². The number of likely N-dealkylation sites (N-methyl/N-ethyl adjacent to an activating group) is 1. The van der Waals surface area contributed by atoms with Gasteiger partial charge in [-0.15, -0.1) is 0 Å². The third kappa shape index (κ3) is 6.69. The van der Waals surface area contributed by atoms with Crippen molar-refractivity contribution in [3.8, 4) is 5.75 Å². The number of ether oxygens (including phenoxy) is 1. The molecule has 3 aromatic rings. The van der Waals surface area contributed by atoms with E-state index >= 15 is 0 Å². The number of carbonyl (C=O) groups excluding carboxylic acids is 1.